The minimum atomic E-state index is -0.500. The van der Waals surface area contributed by atoms with Gasteiger partial charge in [0.2, 0.25) is 0 Å². The van der Waals surface area contributed by atoms with Crippen LogP contribution in [0.15, 0.2) is 0 Å². The summed E-state index contributed by atoms with van der Waals surface area (Å²) in [6, 6.07) is 0. The minimum absolute atomic E-state index is 0. The molecule has 0 saturated carbocycles. The van der Waals surface area contributed by atoms with E-state index in [1.807, 2.05) is 0 Å². The third-order valence-electron chi connectivity index (χ3n) is 0. The van der Waals surface area contributed by atoms with E-state index in [2.05, 4.69) is 0 Å². The second-order valence-electron chi connectivity index (χ2n) is 0.385. The third-order valence-corrected chi connectivity index (χ3v) is 0. The van der Waals surface area contributed by atoms with Crippen LogP contribution < -0.4 is 20.4 Å². The number of hydrogen-bond acceptors (Lipinski definition) is 8. The molecule has 0 bridgehead atoms. The van der Waals surface area contributed by atoms with Crippen molar-refractivity contribution in [2.75, 3.05) is 0 Å². The Labute approximate surface area is 102 Å². The van der Waals surface area contributed by atoms with E-state index >= 15 is 0 Å². The van der Waals surface area contributed by atoms with Gasteiger partial charge in [0, 0.05) is 25.9 Å². The van der Waals surface area contributed by atoms with E-state index in [9.17, 15) is 0 Å². The SMILES string of the molecule is O=C[O-].O=C[O-].O=C[O-].O=C[O-].[Mn+2].[Zn+2]. The van der Waals surface area contributed by atoms with Gasteiger partial charge in [0.25, 0.3) is 0 Å². The summed E-state index contributed by atoms with van der Waals surface area (Å²) in [4.78, 5) is 33.0. The Bertz CT molecular complexity index is 75.3. The molecule has 0 saturated heterocycles. The predicted molar refractivity (Wildman–Crippen MR) is 24.3 cm³/mol. The molecule has 0 aromatic carbocycles. The van der Waals surface area contributed by atoms with E-state index in [-0.39, 0.29) is 36.5 Å². The van der Waals surface area contributed by atoms with Gasteiger partial charge in [0.05, 0.1) is 0 Å². The molecule has 0 aliphatic rings. The Morgan fingerprint density at radius 1 is 0.571 bits per heavy atom. The van der Waals surface area contributed by atoms with Gasteiger partial charge in [-0.1, -0.05) is 0 Å². The fraction of sp³-hybridized carbons (Fsp3) is 0. The summed E-state index contributed by atoms with van der Waals surface area (Å²) in [6.45, 7) is -2.00. The van der Waals surface area contributed by atoms with Crippen molar-refractivity contribution >= 4 is 25.9 Å². The van der Waals surface area contributed by atoms with Crippen LogP contribution in [0.4, 0.5) is 0 Å². The average molecular weight is 300 g/mol. The van der Waals surface area contributed by atoms with Crippen molar-refractivity contribution in [3.8, 4) is 0 Å². The van der Waals surface area contributed by atoms with E-state index in [0.29, 0.717) is 0 Å². The molecule has 0 amide bonds. The molecule has 0 rings (SSSR count). The molecule has 0 aliphatic heterocycles. The zero-order chi connectivity index (χ0) is 10.8. The molecule has 0 aromatic heterocycles. The molecule has 77 valence electrons. The number of carboxylic acid groups (broad SMARTS) is 4. The van der Waals surface area contributed by atoms with Crippen LogP contribution in [-0.4, -0.2) is 25.9 Å². The summed E-state index contributed by atoms with van der Waals surface area (Å²) in [7, 11) is 0. The molecule has 10 heteroatoms. The van der Waals surface area contributed by atoms with Crippen molar-refractivity contribution in [3.05, 3.63) is 0 Å². The molecule has 0 aliphatic carbocycles. The molecule has 0 N–H and O–H groups in total. The Balaban J connectivity index is -0.0000000145. The van der Waals surface area contributed by atoms with Crippen molar-refractivity contribution in [2.24, 2.45) is 0 Å². The standard InChI is InChI=1S/4CH2O2.Mn.Zn/c4*2-1-3;;/h4*1H,(H,2,3);;/q;;;;2*+2/p-4. The zero-order valence-electron chi connectivity index (χ0n) is 6.66. The van der Waals surface area contributed by atoms with Gasteiger partial charge in [-0.3, -0.25) is 0 Å². The topological polar surface area (TPSA) is 161 Å². The normalized spacial score (nSPS) is 3.43. The second-order valence-corrected chi connectivity index (χ2v) is 0.385. The number of carbonyl (C=O) groups is 4. The van der Waals surface area contributed by atoms with Gasteiger partial charge in [-0.2, -0.15) is 0 Å². The van der Waals surface area contributed by atoms with Crippen LogP contribution >= 0.6 is 0 Å². The van der Waals surface area contributed by atoms with Crippen LogP contribution in [0.3, 0.4) is 0 Å². The quantitative estimate of drug-likeness (QED) is 0.315. The van der Waals surface area contributed by atoms with Crippen molar-refractivity contribution in [3.63, 3.8) is 0 Å². The molecular formula is C4H4MnO8Zn. The van der Waals surface area contributed by atoms with Crippen molar-refractivity contribution in [1.29, 1.82) is 0 Å². The second kappa shape index (κ2) is 160. The summed E-state index contributed by atoms with van der Waals surface area (Å²) < 4.78 is 0. The van der Waals surface area contributed by atoms with Gasteiger partial charge in [-0.25, -0.2) is 0 Å². The van der Waals surface area contributed by atoms with E-state index in [1.165, 1.54) is 0 Å². The molecule has 0 heterocycles. The maximum atomic E-state index is 8.25. The van der Waals surface area contributed by atoms with Gasteiger partial charge in [-0.05, 0) is 0 Å². The first-order chi connectivity index (χ1) is 5.66. The maximum Gasteiger partial charge on any atom is 2.00 e. The van der Waals surface area contributed by atoms with Crippen LogP contribution in [0.2, 0.25) is 0 Å². The molecule has 0 spiro atoms. The van der Waals surface area contributed by atoms with Crippen molar-refractivity contribution in [2.45, 2.75) is 0 Å². The largest absolute Gasteiger partial charge is 2.00 e. The zero-order valence-corrected chi connectivity index (χ0v) is 10.8. The van der Waals surface area contributed by atoms with Gasteiger partial charge in [0.15, 0.2) is 0 Å². The van der Waals surface area contributed by atoms with E-state index in [4.69, 9.17) is 39.6 Å². The maximum absolute atomic E-state index is 8.25. The fourth-order valence-corrected chi connectivity index (χ4v) is 0. The Hall–Kier alpha value is -0.977. The van der Waals surface area contributed by atoms with Crippen molar-refractivity contribution < 1.29 is 76.2 Å². The van der Waals surface area contributed by atoms with E-state index in [1.54, 1.807) is 0 Å². The molecule has 1 radical (unpaired) electrons. The van der Waals surface area contributed by atoms with Crippen molar-refractivity contribution in [1.82, 2.24) is 0 Å². The number of hydrogen-bond donors (Lipinski definition) is 0. The Morgan fingerprint density at radius 2 is 0.571 bits per heavy atom. The summed E-state index contributed by atoms with van der Waals surface area (Å²) in [5.74, 6) is 0. The minimum Gasteiger partial charge on any atom is -0.554 e. The molecule has 14 heavy (non-hydrogen) atoms. The third kappa shape index (κ3) is 1160. The van der Waals surface area contributed by atoms with E-state index in [0.717, 1.165) is 0 Å². The number of rotatable bonds is 0. The molecule has 0 aromatic rings. The predicted octanol–water partition coefficient (Wildman–Crippen LogP) is -6.54. The molecular weight excluding hydrogens is 296 g/mol. The van der Waals surface area contributed by atoms with Crippen LogP contribution in [-0.2, 0) is 55.7 Å². The first-order valence-electron chi connectivity index (χ1n) is 1.89. The summed E-state index contributed by atoms with van der Waals surface area (Å²) in [5, 5.41) is 33.0. The van der Waals surface area contributed by atoms with Gasteiger partial charge < -0.3 is 39.6 Å². The fourth-order valence-electron chi connectivity index (χ4n) is 0. The summed E-state index contributed by atoms with van der Waals surface area (Å²) in [6.07, 6.45) is 0. The molecule has 0 atom stereocenters. The summed E-state index contributed by atoms with van der Waals surface area (Å²) in [5.41, 5.74) is 0. The van der Waals surface area contributed by atoms with Gasteiger partial charge in [-0.15, -0.1) is 0 Å². The smallest absolute Gasteiger partial charge is 0.554 e. The van der Waals surface area contributed by atoms with Gasteiger partial charge >= 0.3 is 36.5 Å². The van der Waals surface area contributed by atoms with Crippen LogP contribution in [0.1, 0.15) is 0 Å². The molecule has 0 fully saturated rings. The first-order valence-corrected chi connectivity index (χ1v) is 1.89. The molecule has 8 nitrogen and oxygen atoms in total. The number of carbonyl (C=O) groups excluding carboxylic acids is 4. The first kappa shape index (κ1) is 38.2. The van der Waals surface area contributed by atoms with Crippen LogP contribution in [0, 0.1) is 0 Å². The molecule has 0 unspecified atom stereocenters. The summed E-state index contributed by atoms with van der Waals surface area (Å²) >= 11 is 0. The average Bonchev–Trinajstić information content (AvgIpc) is 1.92. The van der Waals surface area contributed by atoms with Crippen LogP contribution in [0.25, 0.3) is 0 Å². The Morgan fingerprint density at radius 3 is 0.571 bits per heavy atom. The van der Waals surface area contributed by atoms with Crippen LogP contribution in [0.5, 0.6) is 0 Å². The van der Waals surface area contributed by atoms with Gasteiger partial charge in [0.1, 0.15) is 0 Å². The van der Waals surface area contributed by atoms with E-state index < -0.39 is 25.9 Å². The Kier molecular flexibility index (Phi) is 436. The monoisotopic (exact) mass is 299 g/mol.